The molecule has 0 saturated carbocycles. The van der Waals surface area contributed by atoms with E-state index in [1.54, 1.807) is 24.4 Å². The Hall–Kier alpha value is -3.43. The number of hydrogen-bond donors (Lipinski definition) is 1. The second-order valence-corrected chi connectivity index (χ2v) is 11.1. The summed E-state index contributed by atoms with van der Waals surface area (Å²) in [6.45, 7) is 5.58. The first-order valence-corrected chi connectivity index (χ1v) is 14.4. The lowest BCUT2D eigenvalue weighted by Crippen LogP contribution is -2.36. The number of anilines is 1. The number of halogens is 3. The van der Waals surface area contributed by atoms with E-state index in [2.05, 4.69) is 38.3 Å². The van der Waals surface area contributed by atoms with Gasteiger partial charge in [0.1, 0.15) is 11.0 Å². The van der Waals surface area contributed by atoms with E-state index in [-0.39, 0.29) is 11.1 Å². The van der Waals surface area contributed by atoms with E-state index in [0.717, 1.165) is 65.0 Å². The van der Waals surface area contributed by atoms with E-state index in [9.17, 15) is 9.18 Å². The van der Waals surface area contributed by atoms with Gasteiger partial charge < -0.3 is 15.0 Å². The summed E-state index contributed by atoms with van der Waals surface area (Å²) in [7, 11) is 0. The summed E-state index contributed by atoms with van der Waals surface area (Å²) < 4.78 is 21.2. The highest BCUT2D eigenvalue weighted by atomic mass is 35.5. The van der Waals surface area contributed by atoms with E-state index in [1.165, 1.54) is 6.07 Å². The molecular formula is C31H30Cl2FN5O2. The van der Waals surface area contributed by atoms with Crippen molar-refractivity contribution in [3.63, 3.8) is 0 Å². The summed E-state index contributed by atoms with van der Waals surface area (Å²) in [6.07, 6.45) is 6.31. The minimum atomic E-state index is -0.425. The Balaban J connectivity index is 1.27. The van der Waals surface area contributed by atoms with Crippen LogP contribution in [-0.4, -0.2) is 59.9 Å². The van der Waals surface area contributed by atoms with Gasteiger partial charge in [-0.1, -0.05) is 47.5 Å². The number of benzene rings is 2. The Kier molecular flexibility index (Phi) is 8.25. The van der Waals surface area contributed by atoms with Gasteiger partial charge in [-0.25, -0.2) is 14.2 Å². The van der Waals surface area contributed by atoms with Gasteiger partial charge in [0.05, 0.1) is 23.8 Å². The van der Waals surface area contributed by atoms with Crippen LogP contribution in [0, 0.1) is 5.82 Å². The van der Waals surface area contributed by atoms with Gasteiger partial charge in [-0.3, -0.25) is 9.47 Å². The lowest BCUT2D eigenvalue weighted by Gasteiger charge is -2.29. The molecule has 7 nitrogen and oxygen atoms in total. The number of nitrogens with one attached hydrogen (secondary N) is 1. The zero-order valence-electron chi connectivity index (χ0n) is 22.5. The van der Waals surface area contributed by atoms with Crippen LogP contribution in [0.25, 0.3) is 17.0 Å². The van der Waals surface area contributed by atoms with Crippen molar-refractivity contribution in [3.05, 3.63) is 99.2 Å². The van der Waals surface area contributed by atoms with Gasteiger partial charge in [-0.05, 0) is 53.1 Å². The molecule has 1 amide bonds. The summed E-state index contributed by atoms with van der Waals surface area (Å²) in [5, 5.41) is 4.67. The quantitative estimate of drug-likeness (QED) is 0.272. The van der Waals surface area contributed by atoms with E-state index in [0.29, 0.717) is 38.0 Å². The molecule has 2 aliphatic heterocycles. The smallest absolute Gasteiger partial charge is 0.326 e. The van der Waals surface area contributed by atoms with Gasteiger partial charge in [-0.15, -0.1) is 0 Å². The predicted molar refractivity (Wildman–Crippen MR) is 161 cm³/mol. The average molecular weight is 595 g/mol. The van der Waals surface area contributed by atoms with Crippen molar-refractivity contribution in [1.82, 2.24) is 19.8 Å². The Labute approximate surface area is 248 Å². The molecule has 0 radical (unpaired) electrons. The fourth-order valence-corrected chi connectivity index (χ4v) is 5.89. The van der Waals surface area contributed by atoms with Crippen molar-refractivity contribution in [2.45, 2.75) is 19.5 Å². The van der Waals surface area contributed by atoms with E-state index >= 15 is 0 Å². The van der Waals surface area contributed by atoms with Crippen molar-refractivity contribution in [2.75, 3.05) is 44.3 Å². The fraction of sp³-hybridized carbons (Fsp3) is 0.290. The van der Waals surface area contributed by atoms with Crippen molar-refractivity contribution in [2.24, 2.45) is 0 Å². The molecule has 4 heterocycles. The SMILES string of the molecule is O=C(NCc1ccnc(Cl)c1)n1c2c(c3ccc(N4CCOCC4)cc31)CN(C/C=C/c1ccc(Cl)c(F)c1)CC2. The van der Waals surface area contributed by atoms with Gasteiger partial charge in [-0.2, -0.15) is 0 Å². The standard InChI is InChI=1S/C31H30Cl2FN5O2/c32-26-6-3-21(16-27(26)34)2-1-10-37-11-8-28-25(20-37)24-5-4-23(38-12-14-41-15-13-38)18-29(24)39(28)31(40)36-19-22-7-9-35-30(33)17-22/h1-7,9,16-18H,8,10-15,19-20H2,(H,36,40)/b2-1+. The van der Waals surface area contributed by atoms with Crippen molar-refractivity contribution in [3.8, 4) is 0 Å². The Bertz CT molecular complexity index is 1620. The first-order chi connectivity index (χ1) is 20.0. The number of nitrogens with zero attached hydrogens (tertiary/aromatic N) is 4. The molecule has 212 valence electrons. The molecule has 0 bridgehead atoms. The van der Waals surface area contributed by atoms with Crippen LogP contribution in [0.1, 0.15) is 22.4 Å². The van der Waals surface area contributed by atoms with Gasteiger partial charge in [0.15, 0.2) is 0 Å². The average Bonchev–Trinajstić information content (AvgIpc) is 3.31. The molecule has 41 heavy (non-hydrogen) atoms. The van der Waals surface area contributed by atoms with Crippen LogP contribution < -0.4 is 10.2 Å². The molecule has 10 heteroatoms. The highest BCUT2D eigenvalue weighted by Crippen LogP contribution is 2.34. The van der Waals surface area contributed by atoms with Crippen LogP contribution in [0.5, 0.6) is 0 Å². The maximum atomic E-state index is 13.8. The second kappa shape index (κ2) is 12.2. The zero-order valence-corrected chi connectivity index (χ0v) is 24.0. The van der Waals surface area contributed by atoms with Crippen LogP contribution >= 0.6 is 23.2 Å². The number of carbonyl (C=O) groups is 1. The number of pyridine rings is 1. The number of morpholine rings is 1. The number of hydrogen-bond acceptors (Lipinski definition) is 5. The molecule has 2 aromatic heterocycles. The summed E-state index contributed by atoms with van der Waals surface area (Å²) in [5.74, 6) is -0.425. The van der Waals surface area contributed by atoms with Crippen LogP contribution in [0.2, 0.25) is 10.2 Å². The van der Waals surface area contributed by atoms with E-state index in [1.807, 2.05) is 22.8 Å². The number of ether oxygens (including phenoxy) is 1. The molecule has 4 aromatic rings. The van der Waals surface area contributed by atoms with Crippen LogP contribution in [0.3, 0.4) is 0 Å². The normalized spacial score (nSPS) is 15.9. The Morgan fingerprint density at radius 1 is 1.07 bits per heavy atom. The lowest BCUT2D eigenvalue weighted by molar-refractivity contribution is 0.122. The highest BCUT2D eigenvalue weighted by Gasteiger charge is 2.27. The third kappa shape index (κ3) is 6.11. The molecule has 1 N–H and O–H groups in total. The predicted octanol–water partition coefficient (Wildman–Crippen LogP) is 6.15. The summed E-state index contributed by atoms with van der Waals surface area (Å²) >= 11 is 11.9. The third-order valence-electron chi connectivity index (χ3n) is 7.64. The number of rotatable bonds is 6. The zero-order chi connectivity index (χ0) is 28.3. The maximum absolute atomic E-state index is 13.8. The van der Waals surface area contributed by atoms with Gasteiger partial charge in [0.25, 0.3) is 0 Å². The van der Waals surface area contributed by atoms with Crippen molar-refractivity contribution >= 4 is 51.9 Å². The minimum Gasteiger partial charge on any atom is -0.378 e. The number of amides is 1. The first-order valence-electron chi connectivity index (χ1n) is 13.7. The molecular weight excluding hydrogens is 564 g/mol. The van der Waals surface area contributed by atoms with Gasteiger partial charge in [0, 0.05) is 68.7 Å². The molecule has 0 atom stereocenters. The lowest BCUT2D eigenvalue weighted by atomic mass is 10.0. The number of fused-ring (bicyclic) bond motifs is 3. The Morgan fingerprint density at radius 2 is 1.93 bits per heavy atom. The molecule has 0 unspecified atom stereocenters. The van der Waals surface area contributed by atoms with Gasteiger partial charge in [0.2, 0.25) is 0 Å². The topological polar surface area (TPSA) is 62.6 Å². The largest absolute Gasteiger partial charge is 0.378 e. The van der Waals surface area contributed by atoms with Gasteiger partial charge >= 0.3 is 6.03 Å². The summed E-state index contributed by atoms with van der Waals surface area (Å²) in [4.78, 5) is 22.4. The van der Waals surface area contributed by atoms with E-state index < -0.39 is 5.82 Å². The van der Waals surface area contributed by atoms with Crippen LogP contribution in [-0.2, 0) is 24.2 Å². The van der Waals surface area contributed by atoms with Crippen LogP contribution in [0.15, 0.2) is 60.8 Å². The molecule has 0 aliphatic carbocycles. The summed E-state index contributed by atoms with van der Waals surface area (Å²) in [6, 6.07) is 14.6. The molecule has 6 rings (SSSR count). The summed E-state index contributed by atoms with van der Waals surface area (Å²) in [5.41, 5.74) is 5.83. The minimum absolute atomic E-state index is 0.118. The molecule has 1 fully saturated rings. The number of aromatic nitrogens is 2. The fourth-order valence-electron chi connectivity index (χ4n) is 5.57. The molecule has 0 spiro atoms. The third-order valence-corrected chi connectivity index (χ3v) is 8.16. The molecule has 2 aromatic carbocycles. The highest BCUT2D eigenvalue weighted by molar-refractivity contribution is 6.30. The second-order valence-electron chi connectivity index (χ2n) is 10.3. The number of carbonyl (C=O) groups excluding carboxylic acids is 1. The maximum Gasteiger partial charge on any atom is 0.326 e. The van der Waals surface area contributed by atoms with Crippen LogP contribution in [0.4, 0.5) is 14.9 Å². The van der Waals surface area contributed by atoms with E-state index in [4.69, 9.17) is 27.9 Å². The monoisotopic (exact) mass is 593 g/mol. The van der Waals surface area contributed by atoms with Crippen molar-refractivity contribution in [1.29, 1.82) is 0 Å². The molecule has 2 aliphatic rings. The Morgan fingerprint density at radius 3 is 2.73 bits per heavy atom. The molecule has 1 saturated heterocycles. The van der Waals surface area contributed by atoms with Crippen molar-refractivity contribution < 1.29 is 13.9 Å². The first kappa shape index (κ1) is 27.7.